The molecule has 0 amide bonds. The van der Waals surface area contributed by atoms with Gasteiger partial charge in [-0.1, -0.05) is 18.2 Å². The van der Waals surface area contributed by atoms with Crippen LogP contribution in [0, 0.1) is 17.1 Å². The van der Waals surface area contributed by atoms with Gasteiger partial charge in [-0.15, -0.1) is 0 Å². The molecule has 0 saturated carbocycles. The Bertz CT molecular complexity index is 672. The van der Waals surface area contributed by atoms with Gasteiger partial charge in [-0.05, 0) is 24.3 Å². The van der Waals surface area contributed by atoms with Gasteiger partial charge in [0.05, 0.1) is 5.69 Å². The van der Waals surface area contributed by atoms with Gasteiger partial charge in [-0.2, -0.15) is 5.26 Å². The van der Waals surface area contributed by atoms with Crippen LogP contribution in [-0.2, 0) is 0 Å². The van der Waals surface area contributed by atoms with E-state index in [2.05, 4.69) is 16.0 Å². The van der Waals surface area contributed by atoms with Gasteiger partial charge in [0, 0.05) is 26.2 Å². The fourth-order valence-corrected chi connectivity index (χ4v) is 2.55. The van der Waals surface area contributed by atoms with Crippen LogP contribution in [0.3, 0.4) is 0 Å². The molecule has 3 rings (SSSR count). The minimum absolute atomic E-state index is 0.185. The molecule has 1 saturated heterocycles. The van der Waals surface area contributed by atoms with Crippen molar-refractivity contribution in [3.63, 3.8) is 0 Å². The van der Waals surface area contributed by atoms with Gasteiger partial charge >= 0.3 is 0 Å². The molecule has 5 heteroatoms. The number of pyridine rings is 1. The first-order chi connectivity index (χ1) is 10.3. The topological polar surface area (TPSA) is 43.2 Å². The zero-order valence-electron chi connectivity index (χ0n) is 11.5. The minimum atomic E-state index is -0.185. The number of para-hydroxylation sites is 1. The number of hydrogen-bond acceptors (Lipinski definition) is 4. The first-order valence-corrected chi connectivity index (χ1v) is 6.89. The van der Waals surface area contributed by atoms with Crippen LogP contribution in [-0.4, -0.2) is 31.2 Å². The van der Waals surface area contributed by atoms with Gasteiger partial charge in [0.15, 0.2) is 0 Å². The summed E-state index contributed by atoms with van der Waals surface area (Å²) in [7, 11) is 0. The van der Waals surface area contributed by atoms with E-state index < -0.39 is 0 Å². The normalized spacial score (nSPS) is 14.9. The number of nitrogens with zero attached hydrogens (tertiary/aromatic N) is 4. The summed E-state index contributed by atoms with van der Waals surface area (Å²) >= 11 is 0. The lowest BCUT2D eigenvalue weighted by molar-refractivity contribution is 0.596. The highest BCUT2D eigenvalue weighted by Crippen LogP contribution is 2.22. The van der Waals surface area contributed by atoms with Crippen LogP contribution in [0.5, 0.6) is 0 Å². The van der Waals surface area contributed by atoms with Crippen molar-refractivity contribution in [1.82, 2.24) is 4.98 Å². The molecule has 1 aliphatic heterocycles. The van der Waals surface area contributed by atoms with Crippen molar-refractivity contribution in [2.45, 2.75) is 0 Å². The number of anilines is 2. The summed E-state index contributed by atoms with van der Waals surface area (Å²) in [6, 6.07) is 14.3. The second-order valence-electron chi connectivity index (χ2n) is 4.92. The molecule has 2 aromatic rings. The zero-order valence-corrected chi connectivity index (χ0v) is 11.5. The molecule has 1 aromatic heterocycles. The summed E-state index contributed by atoms with van der Waals surface area (Å²) in [6.07, 6.45) is 0. The van der Waals surface area contributed by atoms with Crippen LogP contribution < -0.4 is 9.80 Å². The second-order valence-corrected chi connectivity index (χ2v) is 4.92. The Morgan fingerprint density at radius 3 is 2.38 bits per heavy atom. The number of benzene rings is 1. The lowest BCUT2D eigenvalue weighted by atomic mass is 10.2. The van der Waals surface area contributed by atoms with Gasteiger partial charge in [0.1, 0.15) is 23.4 Å². The molecule has 0 bridgehead atoms. The Morgan fingerprint density at radius 2 is 1.67 bits per heavy atom. The van der Waals surface area contributed by atoms with Crippen molar-refractivity contribution in [1.29, 1.82) is 5.26 Å². The van der Waals surface area contributed by atoms with E-state index in [9.17, 15) is 4.39 Å². The number of piperazine rings is 1. The Labute approximate surface area is 123 Å². The van der Waals surface area contributed by atoms with Crippen LogP contribution in [0.25, 0.3) is 0 Å². The second kappa shape index (κ2) is 5.80. The molecule has 0 unspecified atom stereocenters. The Hall–Kier alpha value is -2.61. The third kappa shape index (κ3) is 2.79. The van der Waals surface area contributed by atoms with Crippen LogP contribution in [0.2, 0.25) is 0 Å². The highest BCUT2D eigenvalue weighted by Gasteiger charge is 2.20. The summed E-state index contributed by atoms with van der Waals surface area (Å²) in [5.41, 5.74) is 1.07. The molecule has 4 nitrogen and oxygen atoms in total. The van der Waals surface area contributed by atoms with Gasteiger partial charge in [0.25, 0.3) is 0 Å². The van der Waals surface area contributed by atoms with E-state index in [-0.39, 0.29) is 5.82 Å². The molecule has 0 radical (unpaired) electrons. The summed E-state index contributed by atoms with van der Waals surface area (Å²) in [5.74, 6) is 0.623. The lowest BCUT2D eigenvalue weighted by Gasteiger charge is -2.36. The molecule has 0 N–H and O–H groups in total. The molecule has 1 aromatic carbocycles. The first kappa shape index (κ1) is 13.4. The number of hydrogen-bond donors (Lipinski definition) is 0. The minimum Gasteiger partial charge on any atom is -0.366 e. The summed E-state index contributed by atoms with van der Waals surface area (Å²) in [5, 5.41) is 8.90. The zero-order chi connectivity index (χ0) is 14.7. The van der Waals surface area contributed by atoms with Crippen LogP contribution in [0.15, 0.2) is 42.5 Å². The standard InChI is InChI=1S/C16H15FN4/c17-14-5-1-2-6-15(14)20-8-10-21(11-9-20)16-7-3-4-13(12-18)19-16/h1-7H,8-11H2. The number of nitriles is 1. The van der Waals surface area contributed by atoms with Crippen molar-refractivity contribution in [2.75, 3.05) is 36.0 Å². The van der Waals surface area contributed by atoms with Crippen molar-refractivity contribution in [2.24, 2.45) is 0 Å². The van der Waals surface area contributed by atoms with Crippen molar-refractivity contribution in [3.8, 4) is 6.07 Å². The number of rotatable bonds is 2. The maximum Gasteiger partial charge on any atom is 0.146 e. The maximum atomic E-state index is 13.8. The molecule has 106 valence electrons. The van der Waals surface area contributed by atoms with Crippen LogP contribution in [0.4, 0.5) is 15.9 Å². The molecule has 0 aliphatic carbocycles. The Balaban J connectivity index is 1.71. The van der Waals surface area contributed by atoms with Crippen molar-refractivity contribution in [3.05, 3.63) is 54.0 Å². The molecule has 0 atom stereocenters. The van der Waals surface area contributed by atoms with E-state index in [0.717, 1.165) is 32.0 Å². The maximum absolute atomic E-state index is 13.8. The van der Waals surface area contributed by atoms with Gasteiger partial charge < -0.3 is 9.80 Å². The molecule has 21 heavy (non-hydrogen) atoms. The summed E-state index contributed by atoms with van der Waals surface area (Å²) < 4.78 is 13.8. The van der Waals surface area contributed by atoms with Crippen LogP contribution >= 0.6 is 0 Å². The molecular weight excluding hydrogens is 267 g/mol. The molecular formula is C16H15FN4. The predicted octanol–water partition coefficient (Wildman–Crippen LogP) is 2.42. The average Bonchev–Trinajstić information content (AvgIpc) is 2.56. The summed E-state index contributed by atoms with van der Waals surface area (Å²) in [6.45, 7) is 2.99. The number of halogens is 1. The fraction of sp³-hybridized carbons (Fsp3) is 0.250. The van der Waals surface area contributed by atoms with Gasteiger partial charge in [-0.3, -0.25) is 0 Å². The predicted molar refractivity (Wildman–Crippen MR) is 79.8 cm³/mol. The monoisotopic (exact) mass is 282 g/mol. The van der Waals surface area contributed by atoms with E-state index in [1.807, 2.05) is 23.1 Å². The quantitative estimate of drug-likeness (QED) is 0.848. The van der Waals surface area contributed by atoms with Gasteiger partial charge in [0.2, 0.25) is 0 Å². The molecule has 1 aliphatic rings. The Kier molecular flexibility index (Phi) is 3.69. The largest absolute Gasteiger partial charge is 0.366 e. The molecule has 1 fully saturated rings. The molecule has 0 spiro atoms. The van der Waals surface area contributed by atoms with E-state index in [0.29, 0.717) is 11.4 Å². The fourth-order valence-electron chi connectivity index (χ4n) is 2.55. The summed E-state index contributed by atoms with van der Waals surface area (Å²) in [4.78, 5) is 8.47. The van der Waals surface area contributed by atoms with Gasteiger partial charge in [-0.25, -0.2) is 9.37 Å². The third-order valence-corrected chi connectivity index (χ3v) is 3.65. The lowest BCUT2D eigenvalue weighted by Crippen LogP contribution is -2.47. The van der Waals surface area contributed by atoms with E-state index in [1.165, 1.54) is 6.07 Å². The van der Waals surface area contributed by atoms with E-state index in [1.54, 1.807) is 18.2 Å². The Morgan fingerprint density at radius 1 is 0.952 bits per heavy atom. The number of aromatic nitrogens is 1. The third-order valence-electron chi connectivity index (χ3n) is 3.65. The SMILES string of the molecule is N#Cc1cccc(N2CCN(c3ccccc3F)CC2)n1. The first-order valence-electron chi connectivity index (χ1n) is 6.89. The highest BCUT2D eigenvalue weighted by atomic mass is 19.1. The molecule has 2 heterocycles. The van der Waals surface area contributed by atoms with E-state index in [4.69, 9.17) is 5.26 Å². The van der Waals surface area contributed by atoms with E-state index >= 15 is 0 Å². The van der Waals surface area contributed by atoms with Crippen molar-refractivity contribution < 1.29 is 4.39 Å². The van der Waals surface area contributed by atoms with Crippen LogP contribution in [0.1, 0.15) is 5.69 Å². The smallest absolute Gasteiger partial charge is 0.146 e. The van der Waals surface area contributed by atoms with Crippen molar-refractivity contribution >= 4 is 11.5 Å². The highest BCUT2D eigenvalue weighted by molar-refractivity contribution is 5.50. The average molecular weight is 282 g/mol.